The molecule has 118 valence electrons. The van der Waals surface area contributed by atoms with Gasteiger partial charge >= 0.3 is 0 Å². The molecule has 1 aromatic carbocycles. The van der Waals surface area contributed by atoms with E-state index in [1.54, 1.807) is 0 Å². The fourth-order valence-electron chi connectivity index (χ4n) is 3.96. The summed E-state index contributed by atoms with van der Waals surface area (Å²) >= 11 is 0. The van der Waals surface area contributed by atoms with Gasteiger partial charge in [0.15, 0.2) is 0 Å². The third kappa shape index (κ3) is 3.65. The highest BCUT2D eigenvalue weighted by atomic mass is 15.3. The average molecular weight is 289 g/mol. The van der Waals surface area contributed by atoms with Gasteiger partial charge in [-0.15, -0.1) is 0 Å². The molecule has 1 aliphatic rings. The molecule has 0 aromatic heterocycles. The summed E-state index contributed by atoms with van der Waals surface area (Å²) < 4.78 is 0. The van der Waals surface area contributed by atoms with E-state index in [0.29, 0.717) is 0 Å². The Morgan fingerprint density at radius 2 is 2.00 bits per heavy atom. The van der Waals surface area contributed by atoms with Crippen LogP contribution >= 0.6 is 0 Å². The predicted molar refractivity (Wildman–Crippen MR) is 90.0 cm³/mol. The van der Waals surface area contributed by atoms with Gasteiger partial charge < -0.3 is 4.90 Å². The van der Waals surface area contributed by atoms with Crippen LogP contribution in [0.5, 0.6) is 0 Å². The van der Waals surface area contributed by atoms with E-state index in [9.17, 15) is 0 Å². The maximum atomic E-state index is 5.97. The van der Waals surface area contributed by atoms with Gasteiger partial charge in [0.2, 0.25) is 0 Å². The van der Waals surface area contributed by atoms with Crippen molar-refractivity contribution in [3.05, 3.63) is 35.4 Å². The van der Waals surface area contributed by atoms with Crippen molar-refractivity contribution < 1.29 is 0 Å². The zero-order valence-electron chi connectivity index (χ0n) is 14.0. The Labute approximate surface area is 129 Å². The van der Waals surface area contributed by atoms with Crippen LogP contribution in [0.3, 0.4) is 0 Å². The quantitative estimate of drug-likeness (QED) is 0.647. The van der Waals surface area contributed by atoms with Crippen LogP contribution in [0, 0.1) is 12.8 Å². The maximum Gasteiger partial charge on any atom is 0.0434 e. The summed E-state index contributed by atoms with van der Waals surface area (Å²) in [5.74, 6) is 6.75. The molecule has 1 aromatic rings. The minimum atomic E-state index is 0.164. The second-order valence-electron chi connectivity index (χ2n) is 7.11. The molecule has 2 rings (SSSR count). The van der Waals surface area contributed by atoms with Crippen molar-refractivity contribution in [2.45, 2.75) is 57.5 Å². The number of hydrogen-bond acceptors (Lipinski definition) is 3. The number of nitrogens with two attached hydrogens (primary N) is 1. The molecule has 0 radical (unpaired) electrons. The maximum absolute atomic E-state index is 5.97. The van der Waals surface area contributed by atoms with E-state index in [1.165, 1.54) is 36.8 Å². The van der Waals surface area contributed by atoms with Crippen molar-refractivity contribution in [3.63, 3.8) is 0 Å². The smallest absolute Gasteiger partial charge is 0.0434 e. The number of benzene rings is 1. The van der Waals surface area contributed by atoms with Gasteiger partial charge in [0.1, 0.15) is 0 Å². The molecule has 3 unspecified atom stereocenters. The first kappa shape index (κ1) is 16.5. The van der Waals surface area contributed by atoms with Gasteiger partial charge in [-0.3, -0.25) is 11.3 Å². The number of hydrazine groups is 1. The fourth-order valence-corrected chi connectivity index (χ4v) is 3.96. The summed E-state index contributed by atoms with van der Waals surface area (Å²) in [5.41, 5.74) is 5.97. The minimum Gasteiger partial charge on any atom is -0.302 e. The van der Waals surface area contributed by atoms with Gasteiger partial charge in [-0.2, -0.15) is 0 Å². The lowest BCUT2D eigenvalue weighted by molar-refractivity contribution is 0.0373. The van der Waals surface area contributed by atoms with Crippen LogP contribution in [0.1, 0.15) is 43.7 Å². The van der Waals surface area contributed by atoms with Gasteiger partial charge in [-0.1, -0.05) is 49.6 Å². The second-order valence-corrected chi connectivity index (χ2v) is 7.11. The lowest BCUT2D eigenvalue weighted by Gasteiger charge is -2.50. The summed E-state index contributed by atoms with van der Waals surface area (Å²) in [7, 11) is 4.41. The molecule has 3 atom stereocenters. The van der Waals surface area contributed by atoms with Crippen LogP contribution in [0.25, 0.3) is 0 Å². The zero-order chi connectivity index (χ0) is 15.5. The minimum absolute atomic E-state index is 0.164. The van der Waals surface area contributed by atoms with Crippen LogP contribution in [0.4, 0.5) is 0 Å². The van der Waals surface area contributed by atoms with Crippen LogP contribution in [-0.2, 0) is 6.42 Å². The SMILES string of the molecule is Cc1ccc(CC(NN)C2(N(C)C)CCCC(C)C2)cc1. The van der Waals surface area contributed by atoms with Crippen LogP contribution in [0.15, 0.2) is 24.3 Å². The first-order chi connectivity index (χ1) is 9.98. The summed E-state index contributed by atoms with van der Waals surface area (Å²) in [6.07, 6.45) is 6.08. The van der Waals surface area contributed by atoms with Crippen molar-refractivity contribution in [1.29, 1.82) is 0 Å². The number of hydrogen-bond donors (Lipinski definition) is 2. The number of rotatable bonds is 5. The van der Waals surface area contributed by atoms with Crippen LogP contribution < -0.4 is 11.3 Å². The molecular weight excluding hydrogens is 258 g/mol. The number of aryl methyl sites for hydroxylation is 1. The Morgan fingerprint density at radius 3 is 2.52 bits per heavy atom. The van der Waals surface area contributed by atoms with Gasteiger partial charge in [0.25, 0.3) is 0 Å². The topological polar surface area (TPSA) is 41.3 Å². The molecule has 3 heteroatoms. The van der Waals surface area contributed by atoms with Crippen molar-refractivity contribution in [1.82, 2.24) is 10.3 Å². The first-order valence-corrected chi connectivity index (χ1v) is 8.17. The van der Waals surface area contributed by atoms with E-state index in [4.69, 9.17) is 5.84 Å². The highest BCUT2D eigenvalue weighted by Gasteiger charge is 2.43. The fraction of sp³-hybridized carbons (Fsp3) is 0.667. The molecule has 0 heterocycles. The van der Waals surface area contributed by atoms with E-state index in [1.807, 2.05) is 0 Å². The van der Waals surface area contributed by atoms with Crippen molar-refractivity contribution in [2.75, 3.05) is 14.1 Å². The summed E-state index contributed by atoms with van der Waals surface area (Å²) in [6, 6.07) is 9.13. The summed E-state index contributed by atoms with van der Waals surface area (Å²) in [5, 5.41) is 0. The number of nitrogens with one attached hydrogen (secondary N) is 1. The van der Waals surface area contributed by atoms with Crippen LogP contribution in [-0.4, -0.2) is 30.6 Å². The van der Waals surface area contributed by atoms with Crippen molar-refractivity contribution >= 4 is 0 Å². The summed E-state index contributed by atoms with van der Waals surface area (Å²) in [6.45, 7) is 4.50. The highest BCUT2D eigenvalue weighted by molar-refractivity contribution is 5.23. The Hall–Kier alpha value is -0.900. The number of likely N-dealkylation sites (N-methyl/N-ethyl adjacent to an activating group) is 1. The van der Waals surface area contributed by atoms with Gasteiger partial charge in [-0.25, -0.2) is 0 Å². The second kappa shape index (κ2) is 6.91. The highest BCUT2D eigenvalue weighted by Crippen LogP contribution is 2.38. The Kier molecular flexibility index (Phi) is 5.42. The molecular formula is C18H31N3. The molecule has 1 aliphatic carbocycles. The molecule has 0 amide bonds. The molecule has 1 saturated carbocycles. The van der Waals surface area contributed by atoms with Crippen molar-refractivity contribution in [2.24, 2.45) is 11.8 Å². The molecule has 0 aliphatic heterocycles. The predicted octanol–water partition coefficient (Wildman–Crippen LogP) is 2.88. The largest absolute Gasteiger partial charge is 0.302 e. The molecule has 3 N–H and O–H groups in total. The van der Waals surface area contributed by atoms with Crippen molar-refractivity contribution in [3.8, 4) is 0 Å². The van der Waals surface area contributed by atoms with E-state index in [0.717, 1.165) is 12.3 Å². The standard InChI is InChI=1S/C18H31N3/c1-14-7-9-16(10-8-14)12-17(20-19)18(21(3)4)11-5-6-15(2)13-18/h7-10,15,17,20H,5-6,11-13,19H2,1-4H3. The molecule has 1 fully saturated rings. The lowest BCUT2D eigenvalue weighted by atomic mass is 9.70. The third-order valence-corrected chi connectivity index (χ3v) is 5.31. The van der Waals surface area contributed by atoms with Gasteiger partial charge in [-0.05, 0) is 51.8 Å². The van der Waals surface area contributed by atoms with E-state index >= 15 is 0 Å². The Bertz CT molecular complexity index is 440. The molecule has 0 saturated heterocycles. The average Bonchev–Trinajstić information content (AvgIpc) is 2.46. The zero-order valence-corrected chi connectivity index (χ0v) is 14.0. The first-order valence-electron chi connectivity index (χ1n) is 8.17. The third-order valence-electron chi connectivity index (χ3n) is 5.31. The molecule has 3 nitrogen and oxygen atoms in total. The van der Waals surface area contributed by atoms with E-state index in [2.05, 4.69) is 62.5 Å². The Balaban J connectivity index is 2.21. The normalized spacial score (nSPS) is 27.8. The molecule has 21 heavy (non-hydrogen) atoms. The van der Waals surface area contributed by atoms with Gasteiger partial charge in [0.05, 0.1) is 0 Å². The number of nitrogens with zero attached hydrogens (tertiary/aromatic N) is 1. The molecule has 0 spiro atoms. The van der Waals surface area contributed by atoms with E-state index in [-0.39, 0.29) is 11.6 Å². The van der Waals surface area contributed by atoms with Gasteiger partial charge in [0, 0.05) is 11.6 Å². The Morgan fingerprint density at radius 1 is 1.33 bits per heavy atom. The van der Waals surface area contributed by atoms with Crippen LogP contribution in [0.2, 0.25) is 0 Å². The molecule has 0 bridgehead atoms. The monoisotopic (exact) mass is 289 g/mol. The summed E-state index contributed by atoms with van der Waals surface area (Å²) in [4.78, 5) is 2.40. The lowest BCUT2D eigenvalue weighted by Crippen LogP contribution is -2.63. The van der Waals surface area contributed by atoms with E-state index < -0.39 is 0 Å².